The van der Waals surface area contributed by atoms with Gasteiger partial charge in [0, 0.05) is 13.1 Å². The highest BCUT2D eigenvalue weighted by Gasteiger charge is 2.13. The standard InChI is InChI=1S/C16H26N2O2/c1-13(12-18-7-3-2-4-8-18)10-17-11-14-5-6-15(19)16(20)9-14/h5-6,9,13,17,19-20H,2-4,7-8,10-12H2,1H3. The maximum Gasteiger partial charge on any atom is 0.157 e. The van der Waals surface area contributed by atoms with Gasteiger partial charge >= 0.3 is 0 Å². The monoisotopic (exact) mass is 278 g/mol. The van der Waals surface area contributed by atoms with E-state index in [0.29, 0.717) is 5.92 Å². The average molecular weight is 278 g/mol. The third-order valence-electron chi connectivity index (χ3n) is 3.88. The number of hydrogen-bond donors (Lipinski definition) is 3. The molecule has 1 unspecified atom stereocenters. The second-order valence-corrected chi connectivity index (χ2v) is 5.92. The Kier molecular flexibility index (Phi) is 5.68. The first-order chi connectivity index (χ1) is 9.65. The summed E-state index contributed by atoms with van der Waals surface area (Å²) in [6.07, 6.45) is 4.06. The molecule has 1 aliphatic rings. The van der Waals surface area contributed by atoms with Crippen LogP contribution in [-0.2, 0) is 6.54 Å². The Morgan fingerprint density at radius 1 is 1.15 bits per heavy atom. The number of likely N-dealkylation sites (tertiary alicyclic amines) is 1. The average Bonchev–Trinajstić information content (AvgIpc) is 2.44. The van der Waals surface area contributed by atoms with Gasteiger partial charge in [-0.3, -0.25) is 0 Å². The van der Waals surface area contributed by atoms with Crippen LogP contribution in [0.4, 0.5) is 0 Å². The largest absolute Gasteiger partial charge is 0.504 e. The minimum absolute atomic E-state index is 0.0503. The summed E-state index contributed by atoms with van der Waals surface area (Å²) in [5.41, 5.74) is 0.991. The Balaban J connectivity index is 1.67. The fourth-order valence-electron chi connectivity index (χ4n) is 2.79. The molecule has 1 aromatic carbocycles. The molecule has 0 amide bonds. The van der Waals surface area contributed by atoms with E-state index in [2.05, 4.69) is 17.1 Å². The lowest BCUT2D eigenvalue weighted by atomic mass is 10.1. The Morgan fingerprint density at radius 3 is 2.60 bits per heavy atom. The highest BCUT2D eigenvalue weighted by atomic mass is 16.3. The van der Waals surface area contributed by atoms with Crippen molar-refractivity contribution in [3.63, 3.8) is 0 Å². The molecule has 0 aromatic heterocycles. The summed E-state index contributed by atoms with van der Waals surface area (Å²) in [4.78, 5) is 2.56. The molecule has 4 heteroatoms. The van der Waals surface area contributed by atoms with Crippen LogP contribution in [0.1, 0.15) is 31.7 Å². The van der Waals surface area contributed by atoms with E-state index in [1.165, 1.54) is 38.4 Å². The van der Waals surface area contributed by atoms with Crippen molar-refractivity contribution in [1.29, 1.82) is 0 Å². The van der Waals surface area contributed by atoms with Crippen LogP contribution in [0.3, 0.4) is 0 Å². The Bertz CT molecular complexity index is 417. The fraction of sp³-hybridized carbons (Fsp3) is 0.625. The third kappa shape index (κ3) is 4.69. The third-order valence-corrected chi connectivity index (χ3v) is 3.88. The highest BCUT2D eigenvalue weighted by Crippen LogP contribution is 2.24. The van der Waals surface area contributed by atoms with E-state index in [4.69, 9.17) is 0 Å². The summed E-state index contributed by atoms with van der Waals surface area (Å²) in [6, 6.07) is 4.97. The minimum Gasteiger partial charge on any atom is -0.504 e. The summed E-state index contributed by atoms with van der Waals surface area (Å²) in [5, 5.41) is 22.1. The van der Waals surface area contributed by atoms with E-state index >= 15 is 0 Å². The van der Waals surface area contributed by atoms with Crippen LogP contribution in [0.5, 0.6) is 11.5 Å². The van der Waals surface area contributed by atoms with Crippen molar-refractivity contribution >= 4 is 0 Å². The molecule has 0 aliphatic carbocycles. The molecule has 0 radical (unpaired) electrons. The van der Waals surface area contributed by atoms with Crippen LogP contribution < -0.4 is 5.32 Å². The summed E-state index contributed by atoms with van der Waals surface area (Å²) in [6.45, 7) is 7.62. The zero-order valence-electron chi connectivity index (χ0n) is 12.3. The van der Waals surface area contributed by atoms with E-state index in [9.17, 15) is 10.2 Å². The van der Waals surface area contributed by atoms with Gasteiger partial charge in [0.1, 0.15) is 0 Å². The van der Waals surface area contributed by atoms with Gasteiger partial charge in [-0.25, -0.2) is 0 Å². The van der Waals surface area contributed by atoms with Crippen molar-refractivity contribution < 1.29 is 10.2 Å². The van der Waals surface area contributed by atoms with Crippen molar-refractivity contribution in [2.45, 2.75) is 32.7 Å². The summed E-state index contributed by atoms with van der Waals surface area (Å²) < 4.78 is 0. The molecule has 0 bridgehead atoms. The SMILES string of the molecule is CC(CNCc1ccc(O)c(O)c1)CN1CCCCC1. The molecule has 3 N–H and O–H groups in total. The maximum atomic E-state index is 9.44. The number of phenols is 2. The van der Waals surface area contributed by atoms with Crippen molar-refractivity contribution in [2.24, 2.45) is 5.92 Å². The molecule has 1 aromatic rings. The van der Waals surface area contributed by atoms with Crippen molar-refractivity contribution in [3.05, 3.63) is 23.8 Å². The second kappa shape index (κ2) is 7.50. The molecule has 0 saturated carbocycles. The quantitative estimate of drug-likeness (QED) is 0.699. The highest BCUT2D eigenvalue weighted by molar-refractivity contribution is 5.40. The van der Waals surface area contributed by atoms with Crippen LogP contribution >= 0.6 is 0 Å². The summed E-state index contributed by atoms with van der Waals surface area (Å²) >= 11 is 0. The van der Waals surface area contributed by atoms with E-state index in [0.717, 1.165) is 25.2 Å². The number of nitrogens with one attached hydrogen (secondary N) is 1. The molecule has 2 rings (SSSR count). The number of nitrogens with zero attached hydrogens (tertiary/aromatic N) is 1. The van der Waals surface area contributed by atoms with Crippen molar-refractivity contribution in [2.75, 3.05) is 26.2 Å². The zero-order valence-corrected chi connectivity index (χ0v) is 12.3. The molecule has 1 heterocycles. The first-order valence-corrected chi connectivity index (χ1v) is 7.59. The maximum absolute atomic E-state index is 9.44. The van der Waals surface area contributed by atoms with Gasteiger partial charge in [-0.1, -0.05) is 19.4 Å². The minimum atomic E-state index is -0.0628. The summed E-state index contributed by atoms with van der Waals surface area (Å²) in [7, 11) is 0. The second-order valence-electron chi connectivity index (χ2n) is 5.92. The number of hydrogen-bond acceptors (Lipinski definition) is 4. The van der Waals surface area contributed by atoms with E-state index in [-0.39, 0.29) is 11.5 Å². The van der Waals surface area contributed by atoms with E-state index in [1.807, 2.05) is 6.07 Å². The summed E-state index contributed by atoms with van der Waals surface area (Å²) in [5.74, 6) is 0.511. The van der Waals surface area contributed by atoms with E-state index in [1.54, 1.807) is 6.07 Å². The molecule has 0 spiro atoms. The Morgan fingerprint density at radius 2 is 1.90 bits per heavy atom. The zero-order chi connectivity index (χ0) is 14.4. The van der Waals surface area contributed by atoms with Gasteiger partial charge in [-0.05, 0) is 56.1 Å². The molecule has 4 nitrogen and oxygen atoms in total. The van der Waals surface area contributed by atoms with Gasteiger partial charge in [-0.15, -0.1) is 0 Å². The molecule has 1 fully saturated rings. The van der Waals surface area contributed by atoms with Gasteiger partial charge in [0.2, 0.25) is 0 Å². The molecule has 1 atom stereocenters. The van der Waals surface area contributed by atoms with Gasteiger partial charge in [0.25, 0.3) is 0 Å². The molecular formula is C16H26N2O2. The number of piperidine rings is 1. The first kappa shape index (κ1) is 15.1. The Hall–Kier alpha value is -1.26. The molecule has 112 valence electrons. The number of aromatic hydroxyl groups is 2. The van der Waals surface area contributed by atoms with Crippen molar-refractivity contribution in [3.8, 4) is 11.5 Å². The van der Waals surface area contributed by atoms with Crippen LogP contribution in [0.2, 0.25) is 0 Å². The molecule has 1 saturated heterocycles. The number of rotatable bonds is 6. The lowest BCUT2D eigenvalue weighted by Crippen LogP contribution is -2.36. The van der Waals surface area contributed by atoms with Crippen LogP contribution in [0, 0.1) is 5.92 Å². The lowest BCUT2D eigenvalue weighted by molar-refractivity contribution is 0.199. The van der Waals surface area contributed by atoms with Gasteiger partial charge in [0.15, 0.2) is 11.5 Å². The first-order valence-electron chi connectivity index (χ1n) is 7.59. The van der Waals surface area contributed by atoms with Crippen LogP contribution in [0.25, 0.3) is 0 Å². The van der Waals surface area contributed by atoms with E-state index < -0.39 is 0 Å². The number of benzene rings is 1. The fourth-order valence-corrected chi connectivity index (χ4v) is 2.79. The predicted octanol–water partition coefficient (Wildman–Crippen LogP) is 2.31. The molecule has 1 aliphatic heterocycles. The van der Waals surface area contributed by atoms with Crippen LogP contribution in [-0.4, -0.2) is 41.3 Å². The number of phenolic OH excluding ortho intramolecular Hbond substituents is 2. The van der Waals surface area contributed by atoms with Crippen molar-refractivity contribution in [1.82, 2.24) is 10.2 Å². The van der Waals surface area contributed by atoms with Gasteiger partial charge in [0.05, 0.1) is 0 Å². The normalized spacial score (nSPS) is 18.1. The smallest absolute Gasteiger partial charge is 0.157 e. The topological polar surface area (TPSA) is 55.7 Å². The van der Waals surface area contributed by atoms with Gasteiger partial charge in [-0.2, -0.15) is 0 Å². The lowest BCUT2D eigenvalue weighted by Gasteiger charge is -2.29. The molecular weight excluding hydrogens is 252 g/mol. The van der Waals surface area contributed by atoms with Gasteiger partial charge < -0.3 is 20.4 Å². The predicted molar refractivity (Wildman–Crippen MR) is 80.9 cm³/mol. The molecule has 20 heavy (non-hydrogen) atoms. The Labute approximate surface area is 121 Å². The van der Waals surface area contributed by atoms with Crippen LogP contribution in [0.15, 0.2) is 18.2 Å².